The van der Waals surface area contributed by atoms with E-state index in [2.05, 4.69) is 0 Å². The first-order chi connectivity index (χ1) is 9.22. The maximum absolute atomic E-state index is 11.0. The monoisotopic (exact) mass is 274 g/mol. The van der Waals surface area contributed by atoms with Crippen LogP contribution in [0.5, 0.6) is 5.75 Å². The second-order valence-corrected chi connectivity index (χ2v) is 4.82. The van der Waals surface area contributed by atoms with Gasteiger partial charge in [0.15, 0.2) is 0 Å². The van der Waals surface area contributed by atoms with E-state index in [0.717, 1.165) is 11.3 Å². The number of benzene rings is 1. The van der Waals surface area contributed by atoms with E-state index in [-0.39, 0.29) is 6.61 Å². The van der Waals surface area contributed by atoms with Crippen LogP contribution in [-0.2, 0) is 6.61 Å². The summed E-state index contributed by atoms with van der Waals surface area (Å²) in [7, 11) is 0. The molecule has 1 aromatic heterocycles. The Bertz CT molecular complexity index is 599. The number of hydrogen-bond acceptors (Lipinski definition) is 3. The van der Waals surface area contributed by atoms with Crippen molar-refractivity contribution in [2.24, 2.45) is 0 Å². The quantitative estimate of drug-likeness (QED) is 0.894. The van der Waals surface area contributed by atoms with Crippen molar-refractivity contribution < 1.29 is 14.6 Å². The van der Waals surface area contributed by atoms with Gasteiger partial charge in [0.1, 0.15) is 17.2 Å². The molecule has 19 heavy (non-hydrogen) atoms. The molecule has 1 aromatic carbocycles. The predicted octanol–water partition coefficient (Wildman–Crippen LogP) is 4.06. The van der Waals surface area contributed by atoms with Crippen LogP contribution in [0.2, 0.25) is 0 Å². The minimum Gasteiger partial charge on any atom is -0.488 e. The summed E-state index contributed by atoms with van der Waals surface area (Å²) in [5.74, 6) is -0.154. The number of rotatable bonds is 5. The van der Waals surface area contributed by atoms with Gasteiger partial charge in [-0.3, -0.25) is 0 Å². The first kappa shape index (κ1) is 13.4. The third kappa shape index (κ3) is 3.23. The SMILES string of the molecule is C/C=C/c1ccccc1OCc1ccsc1C(=O)O. The number of carboxylic acids is 1. The molecular formula is C15H14O3S. The van der Waals surface area contributed by atoms with Gasteiger partial charge in [-0.15, -0.1) is 11.3 Å². The van der Waals surface area contributed by atoms with Crippen LogP contribution in [0.25, 0.3) is 6.08 Å². The van der Waals surface area contributed by atoms with E-state index in [1.807, 2.05) is 43.3 Å². The number of ether oxygens (including phenoxy) is 1. The van der Waals surface area contributed by atoms with E-state index in [1.165, 1.54) is 11.3 Å². The minimum atomic E-state index is -0.907. The van der Waals surface area contributed by atoms with E-state index >= 15 is 0 Å². The highest BCUT2D eigenvalue weighted by molar-refractivity contribution is 7.12. The van der Waals surface area contributed by atoms with Crippen LogP contribution in [0.3, 0.4) is 0 Å². The van der Waals surface area contributed by atoms with Crippen LogP contribution in [0.4, 0.5) is 0 Å². The Labute approximate surface area is 115 Å². The van der Waals surface area contributed by atoms with E-state index in [4.69, 9.17) is 9.84 Å². The van der Waals surface area contributed by atoms with Gasteiger partial charge in [0.05, 0.1) is 0 Å². The Morgan fingerprint density at radius 2 is 2.16 bits per heavy atom. The zero-order chi connectivity index (χ0) is 13.7. The molecular weight excluding hydrogens is 260 g/mol. The molecule has 4 heteroatoms. The second-order valence-electron chi connectivity index (χ2n) is 3.91. The molecule has 0 aliphatic heterocycles. The van der Waals surface area contributed by atoms with Gasteiger partial charge >= 0.3 is 5.97 Å². The predicted molar refractivity (Wildman–Crippen MR) is 76.8 cm³/mol. The van der Waals surface area contributed by atoms with Crippen molar-refractivity contribution in [2.75, 3.05) is 0 Å². The molecule has 0 bridgehead atoms. The number of allylic oxidation sites excluding steroid dienone is 1. The summed E-state index contributed by atoms with van der Waals surface area (Å²) in [6, 6.07) is 9.46. The van der Waals surface area contributed by atoms with Gasteiger partial charge in [0.25, 0.3) is 0 Å². The number of hydrogen-bond donors (Lipinski definition) is 1. The fourth-order valence-corrected chi connectivity index (χ4v) is 2.47. The average Bonchev–Trinajstić information content (AvgIpc) is 2.86. The molecule has 0 aliphatic rings. The number of carbonyl (C=O) groups is 1. The maximum Gasteiger partial charge on any atom is 0.346 e. The van der Waals surface area contributed by atoms with Crippen molar-refractivity contribution in [1.82, 2.24) is 0 Å². The Morgan fingerprint density at radius 1 is 1.37 bits per heavy atom. The summed E-state index contributed by atoms with van der Waals surface area (Å²) in [6.07, 6.45) is 3.90. The van der Waals surface area contributed by atoms with Crippen molar-refractivity contribution in [3.05, 3.63) is 57.8 Å². The zero-order valence-corrected chi connectivity index (χ0v) is 11.3. The molecule has 0 radical (unpaired) electrons. The lowest BCUT2D eigenvalue weighted by molar-refractivity contribution is 0.0699. The lowest BCUT2D eigenvalue weighted by atomic mass is 10.2. The van der Waals surface area contributed by atoms with Crippen LogP contribution >= 0.6 is 11.3 Å². The van der Waals surface area contributed by atoms with Crippen molar-refractivity contribution in [1.29, 1.82) is 0 Å². The molecule has 3 nitrogen and oxygen atoms in total. The molecule has 98 valence electrons. The number of aromatic carboxylic acids is 1. The second kappa shape index (κ2) is 6.20. The molecule has 1 N–H and O–H groups in total. The standard InChI is InChI=1S/C15H14O3S/c1-2-5-11-6-3-4-7-13(11)18-10-12-8-9-19-14(12)15(16)17/h2-9H,10H2,1H3,(H,16,17)/b5-2+. The van der Waals surface area contributed by atoms with Crippen molar-refractivity contribution >= 4 is 23.4 Å². The highest BCUT2D eigenvalue weighted by Gasteiger charge is 2.12. The van der Waals surface area contributed by atoms with Crippen LogP contribution in [0.1, 0.15) is 27.7 Å². The van der Waals surface area contributed by atoms with Crippen LogP contribution in [-0.4, -0.2) is 11.1 Å². The molecule has 0 fully saturated rings. The summed E-state index contributed by atoms with van der Waals surface area (Å²) in [4.78, 5) is 11.3. The Kier molecular flexibility index (Phi) is 4.36. The summed E-state index contributed by atoms with van der Waals surface area (Å²) in [6.45, 7) is 2.21. The van der Waals surface area contributed by atoms with Crippen molar-refractivity contribution in [3.8, 4) is 5.75 Å². The maximum atomic E-state index is 11.0. The molecule has 0 atom stereocenters. The smallest absolute Gasteiger partial charge is 0.346 e. The minimum absolute atomic E-state index is 0.264. The first-order valence-corrected chi connectivity index (χ1v) is 6.74. The molecule has 0 saturated carbocycles. The van der Waals surface area contributed by atoms with E-state index in [9.17, 15) is 4.79 Å². The van der Waals surface area contributed by atoms with Crippen molar-refractivity contribution in [2.45, 2.75) is 13.5 Å². The fourth-order valence-electron chi connectivity index (χ4n) is 1.72. The fraction of sp³-hybridized carbons (Fsp3) is 0.133. The molecule has 0 aliphatic carbocycles. The Morgan fingerprint density at radius 3 is 2.89 bits per heavy atom. The first-order valence-electron chi connectivity index (χ1n) is 5.86. The molecule has 1 heterocycles. The van der Waals surface area contributed by atoms with Gasteiger partial charge < -0.3 is 9.84 Å². The Hall–Kier alpha value is -2.07. The lowest BCUT2D eigenvalue weighted by Gasteiger charge is -2.08. The molecule has 2 rings (SSSR count). The molecule has 0 saturated heterocycles. The zero-order valence-electron chi connectivity index (χ0n) is 10.5. The van der Waals surface area contributed by atoms with Gasteiger partial charge in [-0.1, -0.05) is 30.4 Å². The molecule has 0 amide bonds. The molecule has 2 aromatic rings. The Balaban J connectivity index is 2.14. The normalized spacial score (nSPS) is 10.8. The van der Waals surface area contributed by atoms with Crippen LogP contribution in [0, 0.1) is 0 Å². The van der Waals surface area contributed by atoms with E-state index in [0.29, 0.717) is 10.4 Å². The van der Waals surface area contributed by atoms with E-state index in [1.54, 1.807) is 11.4 Å². The van der Waals surface area contributed by atoms with Gasteiger partial charge in [-0.25, -0.2) is 4.79 Å². The molecule has 0 spiro atoms. The number of thiophene rings is 1. The van der Waals surface area contributed by atoms with Crippen molar-refractivity contribution in [3.63, 3.8) is 0 Å². The summed E-state index contributed by atoms with van der Waals surface area (Å²) >= 11 is 1.21. The molecule has 0 unspecified atom stereocenters. The van der Waals surface area contributed by atoms with E-state index < -0.39 is 5.97 Å². The van der Waals surface area contributed by atoms with Crippen LogP contribution in [0.15, 0.2) is 41.8 Å². The third-order valence-corrected chi connectivity index (χ3v) is 3.53. The van der Waals surface area contributed by atoms with Gasteiger partial charge in [-0.2, -0.15) is 0 Å². The van der Waals surface area contributed by atoms with Gasteiger partial charge in [-0.05, 0) is 24.4 Å². The van der Waals surface area contributed by atoms with Crippen LogP contribution < -0.4 is 4.74 Å². The lowest BCUT2D eigenvalue weighted by Crippen LogP contribution is -2.02. The average molecular weight is 274 g/mol. The highest BCUT2D eigenvalue weighted by atomic mass is 32.1. The summed E-state index contributed by atoms with van der Waals surface area (Å²) in [5, 5.41) is 10.8. The van der Waals surface area contributed by atoms with Gasteiger partial charge in [0, 0.05) is 11.1 Å². The summed E-state index contributed by atoms with van der Waals surface area (Å²) < 4.78 is 5.72. The third-order valence-electron chi connectivity index (χ3n) is 2.59. The number of carboxylic acid groups (broad SMARTS) is 1. The summed E-state index contributed by atoms with van der Waals surface area (Å²) in [5.41, 5.74) is 1.69. The number of para-hydroxylation sites is 1. The highest BCUT2D eigenvalue weighted by Crippen LogP contribution is 2.23. The van der Waals surface area contributed by atoms with Gasteiger partial charge in [0.2, 0.25) is 0 Å². The topological polar surface area (TPSA) is 46.5 Å². The largest absolute Gasteiger partial charge is 0.488 e.